The number of nitrogens with one attached hydrogen (secondary N) is 1. The topological polar surface area (TPSA) is 68.9 Å². The van der Waals surface area contributed by atoms with E-state index in [1.807, 2.05) is 18.2 Å². The fourth-order valence-electron chi connectivity index (χ4n) is 2.60. The molecule has 0 spiro atoms. The highest BCUT2D eigenvalue weighted by Gasteiger charge is 2.04. The van der Waals surface area contributed by atoms with Crippen molar-refractivity contribution in [2.24, 2.45) is 10.7 Å². The van der Waals surface area contributed by atoms with Gasteiger partial charge in [-0.3, -0.25) is 4.99 Å². The largest absolute Gasteiger partial charge is 0.493 e. The Hall–Kier alpha value is -2.69. The summed E-state index contributed by atoms with van der Waals surface area (Å²) in [5.41, 5.74) is 9.63. The Labute approximate surface area is 149 Å². The molecule has 0 atom stereocenters. The summed E-state index contributed by atoms with van der Waals surface area (Å²) in [6, 6.07) is 14.4. The van der Waals surface area contributed by atoms with Crippen LogP contribution >= 0.6 is 0 Å². The van der Waals surface area contributed by atoms with Crippen LogP contribution < -0.4 is 20.5 Å². The van der Waals surface area contributed by atoms with Gasteiger partial charge in [0, 0.05) is 13.1 Å². The summed E-state index contributed by atoms with van der Waals surface area (Å²) in [6.45, 7) is 3.49. The number of guanidine groups is 1. The van der Waals surface area contributed by atoms with Crippen molar-refractivity contribution in [2.45, 2.75) is 19.8 Å². The van der Waals surface area contributed by atoms with E-state index in [1.54, 1.807) is 14.2 Å². The molecule has 2 rings (SSSR count). The highest BCUT2D eigenvalue weighted by molar-refractivity contribution is 5.77. The molecule has 0 unspecified atom stereocenters. The molecule has 5 nitrogen and oxygen atoms in total. The molecule has 0 bridgehead atoms. The number of benzene rings is 2. The summed E-state index contributed by atoms with van der Waals surface area (Å²) in [5, 5.41) is 3.16. The lowest BCUT2D eigenvalue weighted by Crippen LogP contribution is -2.33. The maximum atomic E-state index is 5.93. The summed E-state index contributed by atoms with van der Waals surface area (Å²) in [6.07, 6.45) is 1.72. The molecule has 0 aliphatic carbocycles. The average molecular weight is 341 g/mol. The summed E-state index contributed by atoms with van der Waals surface area (Å²) < 4.78 is 10.5. The molecule has 0 aromatic heterocycles. The second-order valence-electron chi connectivity index (χ2n) is 5.87. The van der Waals surface area contributed by atoms with Crippen LogP contribution in [0.5, 0.6) is 11.5 Å². The lowest BCUT2D eigenvalue weighted by molar-refractivity contribution is 0.354. The lowest BCUT2D eigenvalue weighted by Gasteiger charge is -2.09. The first-order valence-corrected chi connectivity index (χ1v) is 8.42. The standard InChI is InChI=1S/C20H27N3O2/c1-15-5-4-6-16(13-15)9-11-22-20(21)23-12-10-17-7-8-18(24-2)19(14-17)25-3/h4-8,13-14H,9-12H2,1-3H3,(H3,21,22,23). The second-order valence-corrected chi connectivity index (χ2v) is 5.87. The van der Waals surface area contributed by atoms with Crippen LogP contribution in [0.4, 0.5) is 0 Å². The SMILES string of the molecule is COc1ccc(CCN=C(N)NCCc2cccc(C)c2)cc1OC. The van der Waals surface area contributed by atoms with Crippen molar-refractivity contribution < 1.29 is 9.47 Å². The van der Waals surface area contributed by atoms with Gasteiger partial charge in [0.1, 0.15) is 0 Å². The van der Waals surface area contributed by atoms with Gasteiger partial charge in [-0.1, -0.05) is 35.9 Å². The van der Waals surface area contributed by atoms with Gasteiger partial charge in [0.05, 0.1) is 14.2 Å². The number of nitrogens with two attached hydrogens (primary N) is 1. The molecule has 134 valence electrons. The fraction of sp³-hybridized carbons (Fsp3) is 0.350. The first-order chi connectivity index (χ1) is 12.1. The number of ether oxygens (including phenoxy) is 2. The normalized spacial score (nSPS) is 11.2. The van der Waals surface area contributed by atoms with Crippen LogP contribution in [-0.2, 0) is 12.8 Å². The number of hydrogen-bond acceptors (Lipinski definition) is 3. The molecule has 0 saturated heterocycles. The van der Waals surface area contributed by atoms with Gasteiger partial charge in [-0.05, 0) is 43.0 Å². The minimum atomic E-state index is 0.480. The van der Waals surface area contributed by atoms with Crippen LogP contribution in [0.3, 0.4) is 0 Å². The summed E-state index contributed by atoms with van der Waals surface area (Å²) >= 11 is 0. The average Bonchev–Trinajstić information content (AvgIpc) is 2.61. The number of hydrogen-bond donors (Lipinski definition) is 2. The van der Waals surface area contributed by atoms with E-state index in [9.17, 15) is 0 Å². The number of aryl methyl sites for hydroxylation is 1. The predicted octanol–water partition coefficient (Wildman–Crippen LogP) is 2.70. The zero-order chi connectivity index (χ0) is 18.1. The van der Waals surface area contributed by atoms with Crippen LogP contribution in [0.15, 0.2) is 47.5 Å². The Morgan fingerprint density at radius 2 is 1.76 bits per heavy atom. The number of aliphatic imine (C=N–C) groups is 1. The molecule has 0 heterocycles. The van der Waals surface area contributed by atoms with E-state index in [2.05, 4.69) is 41.5 Å². The molecule has 2 aromatic rings. The monoisotopic (exact) mass is 341 g/mol. The number of nitrogens with zero attached hydrogens (tertiary/aromatic N) is 1. The van der Waals surface area contributed by atoms with E-state index in [0.717, 1.165) is 36.4 Å². The third-order valence-corrected chi connectivity index (χ3v) is 3.93. The zero-order valence-corrected chi connectivity index (χ0v) is 15.2. The van der Waals surface area contributed by atoms with Gasteiger partial charge in [-0.25, -0.2) is 0 Å². The van der Waals surface area contributed by atoms with E-state index >= 15 is 0 Å². The Morgan fingerprint density at radius 1 is 1.00 bits per heavy atom. The Balaban J connectivity index is 1.77. The van der Waals surface area contributed by atoms with Crippen LogP contribution in [0.2, 0.25) is 0 Å². The summed E-state index contributed by atoms with van der Waals surface area (Å²) in [5.74, 6) is 1.94. The van der Waals surface area contributed by atoms with Gasteiger partial charge in [-0.2, -0.15) is 0 Å². The van der Waals surface area contributed by atoms with Crippen LogP contribution in [-0.4, -0.2) is 33.3 Å². The molecule has 0 aliphatic heterocycles. The van der Waals surface area contributed by atoms with Crippen molar-refractivity contribution in [2.75, 3.05) is 27.3 Å². The Bertz CT molecular complexity index is 714. The zero-order valence-electron chi connectivity index (χ0n) is 15.2. The highest BCUT2D eigenvalue weighted by Crippen LogP contribution is 2.27. The number of rotatable bonds is 8. The molecular weight excluding hydrogens is 314 g/mol. The Kier molecular flexibility index (Phi) is 7.14. The summed E-state index contributed by atoms with van der Waals surface area (Å²) in [4.78, 5) is 4.38. The quantitative estimate of drug-likeness (QED) is 0.572. The molecule has 3 N–H and O–H groups in total. The second kappa shape index (κ2) is 9.57. The van der Waals surface area contributed by atoms with Gasteiger partial charge >= 0.3 is 0 Å². The smallest absolute Gasteiger partial charge is 0.188 e. The molecule has 2 aromatic carbocycles. The van der Waals surface area contributed by atoms with Gasteiger partial charge in [0.2, 0.25) is 0 Å². The highest BCUT2D eigenvalue weighted by atomic mass is 16.5. The minimum Gasteiger partial charge on any atom is -0.493 e. The molecule has 0 amide bonds. The van der Waals surface area contributed by atoms with Gasteiger partial charge in [0.25, 0.3) is 0 Å². The van der Waals surface area contributed by atoms with Crippen molar-refractivity contribution in [1.82, 2.24) is 5.32 Å². The van der Waals surface area contributed by atoms with Crippen molar-refractivity contribution in [3.63, 3.8) is 0 Å². The third kappa shape index (κ3) is 6.03. The maximum Gasteiger partial charge on any atom is 0.188 e. The molecular formula is C20H27N3O2. The first-order valence-electron chi connectivity index (χ1n) is 8.42. The van der Waals surface area contributed by atoms with Crippen LogP contribution in [0.1, 0.15) is 16.7 Å². The van der Waals surface area contributed by atoms with E-state index in [1.165, 1.54) is 11.1 Å². The number of methoxy groups -OCH3 is 2. The molecule has 0 radical (unpaired) electrons. The minimum absolute atomic E-state index is 0.480. The lowest BCUT2D eigenvalue weighted by atomic mass is 10.1. The Morgan fingerprint density at radius 3 is 2.48 bits per heavy atom. The predicted molar refractivity (Wildman–Crippen MR) is 103 cm³/mol. The third-order valence-electron chi connectivity index (χ3n) is 3.93. The van der Waals surface area contributed by atoms with Crippen LogP contribution in [0.25, 0.3) is 0 Å². The maximum absolute atomic E-state index is 5.93. The van der Waals surface area contributed by atoms with Gasteiger partial charge in [-0.15, -0.1) is 0 Å². The molecule has 5 heteroatoms. The molecule has 0 fully saturated rings. The van der Waals surface area contributed by atoms with Crippen molar-refractivity contribution in [3.05, 3.63) is 59.2 Å². The van der Waals surface area contributed by atoms with Crippen LogP contribution in [0, 0.1) is 6.92 Å². The van der Waals surface area contributed by atoms with Gasteiger partial charge < -0.3 is 20.5 Å². The summed E-state index contributed by atoms with van der Waals surface area (Å²) in [7, 11) is 3.26. The van der Waals surface area contributed by atoms with Crippen molar-refractivity contribution >= 4 is 5.96 Å². The van der Waals surface area contributed by atoms with Gasteiger partial charge in [0.15, 0.2) is 17.5 Å². The fourth-order valence-corrected chi connectivity index (χ4v) is 2.60. The first kappa shape index (κ1) is 18.6. The van der Waals surface area contributed by atoms with Crippen molar-refractivity contribution in [3.8, 4) is 11.5 Å². The van der Waals surface area contributed by atoms with E-state index < -0.39 is 0 Å². The van der Waals surface area contributed by atoms with E-state index in [4.69, 9.17) is 15.2 Å². The van der Waals surface area contributed by atoms with Crippen molar-refractivity contribution in [1.29, 1.82) is 0 Å². The molecule has 25 heavy (non-hydrogen) atoms. The van der Waals surface area contributed by atoms with E-state index in [-0.39, 0.29) is 0 Å². The molecule has 0 saturated carbocycles. The van der Waals surface area contributed by atoms with E-state index in [0.29, 0.717) is 12.5 Å². The molecule has 0 aliphatic rings.